The average molecular weight is 268 g/mol. The minimum absolute atomic E-state index is 0.252. The normalized spacial score (nSPS) is 10.5. The highest BCUT2D eigenvalue weighted by Gasteiger charge is 2.03. The van der Waals surface area contributed by atoms with Gasteiger partial charge in [-0.15, -0.1) is 0 Å². The second kappa shape index (κ2) is 6.52. The molecule has 0 heterocycles. The maximum Gasteiger partial charge on any atom is 0.271 e. The topological polar surface area (TPSA) is 50.7 Å². The van der Waals surface area contributed by atoms with Crippen molar-refractivity contribution in [1.29, 1.82) is 0 Å². The summed E-state index contributed by atoms with van der Waals surface area (Å²) in [4.78, 5) is 11.9. The molecule has 0 unspecified atom stereocenters. The summed E-state index contributed by atoms with van der Waals surface area (Å²) in [6.45, 7) is 1.99. The highest BCUT2D eigenvalue weighted by molar-refractivity contribution is 5.95. The fourth-order valence-corrected chi connectivity index (χ4v) is 1.70. The molecule has 4 heteroatoms. The predicted octanol–water partition coefficient (Wildman–Crippen LogP) is 2.77. The van der Waals surface area contributed by atoms with Gasteiger partial charge in [0.25, 0.3) is 5.91 Å². The molecule has 0 spiro atoms. The van der Waals surface area contributed by atoms with Crippen LogP contribution < -0.4 is 10.2 Å². The van der Waals surface area contributed by atoms with Crippen LogP contribution in [0.25, 0.3) is 0 Å². The van der Waals surface area contributed by atoms with E-state index in [9.17, 15) is 4.79 Å². The Morgan fingerprint density at radius 1 is 1.15 bits per heavy atom. The highest BCUT2D eigenvalue weighted by atomic mass is 16.5. The summed E-state index contributed by atoms with van der Waals surface area (Å²) in [6, 6.07) is 14.7. The van der Waals surface area contributed by atoms with Crippen molar-refractivity contribution in [3.05, 3.63) is 65.2 Å². The van der Waals surface area contributed by atoms with Gasteiger partial charge in [-0.1, -0.05) is 24.3 Å². The second-order valence-corrected chi connectivity index (χ2v) is 4.28. The van der Waals surface area contributed by atoms with Gasteiger partial charge in [0.1, 0.15) is 5.75 Å². The number of nitrogens with one attached hydrogen (secondary N) is 1. The van der Waals surface area contributed by atoms with Crippen molar-refractivity contribution in [3.63, 3.8) is 0 Å². The quantitative estimate of drug-likeness (QED) is 0.684. The fourth-order valence-electron chi connectivity index (χ4n) is 1.70. The van der Waals surface area contributed by atoms with Crippen LogP contribution in [0.15, 0.2) is 53.6 Å². The predicted molar refractivity (Wildman–Crippen MR) is 79.2 cm³/mol. The van der Waals surface area contributed by atoms with E-state index in [1.807, 2.05) is 31.2 Å². The number of benzene rings is 2. The molecule has 0 aromatic heterocycles. The van der Waals surface area contributed by atoms with Crippen LogP contribution in [0, 0.1) is 6.92 Å². The summed E-state index contributed by atoms with van der Waals surface area (Å²) >= 11 is 0. The van der Waals surface area contributed by atoms with E-state index < -0.39 is 0 Å². The molecule has 0 aliphatic rings. The molecule has 0 aliphatic carbocycles. The first kappa shape index (κ1) is 13.8. The van der Waals surface area contributed by atoms with Crippen LogP contribution in [0.3, 0.4) is 0 Å². The Bertz CT molecular complexity index is 619. The van der Waals surface area contributed by atoms with Crippen LogP contribution in [-0.4, -0.2) is 19.2 Å². The summed E-state index contributed by atoms with van der Waals surface area (Å²) in [5.74, 6) is 0.461. The number of hydrazone groups is 1. The molecule has 102 valence electrons. The Balaban J connectivity index is 1.99. The zero-order valence-corrected chi connectivity index (χ0v) is 11.5. The first-order valence-electron chi connectivity index (χ1n) is 6.24. The van der Waals surface area contributed by atoms with Crippen molar-refractivity contribution in [2.24, 2.45) is 5.10 Å². The fraction of sp³-hybridized carbons (Fsp3) is 0.125. The Morgan fingerprint density at radius 3 is 2.50 bits per heavy atom. The van der Waals surface area contributed by atoms with E-state index in [0.717, 1.165) is 11.1 Å². The first-order chi connectivity index (χ1) is 9.70. The molecule has 1 N–H and O–H groups in total. The molecule has 20 heavy (non-hydrogen) atoms. The van der Waals surface area contributed by atoms with Crippen LogP contribution in [0.5, 0.6) is 5.75 Å². The molecule has 0 aliphatic heterocycles. The number of amides is 1. The van der Waals surface area contributed by atoms with Crippen molar-refractivity contribution < 1.29 is 9.53 Å². The lowest BCUT2D eigenvalue weighted by molar-refractivity contribution is 0.0955. The zero-order chi connectivity index (χ0) is 14.4. The molecule has 1 amide bonds. The third-order valence-electron chi connectivity index (χ3n) is 2.91. The SMILES string of the molecule is COc1ccc(C(=O)N/N=C/c2ccccc2C)cc1. The zero-order valence-electron chi connectivity index (χ0n) is 11.5. The number of carbonyl (C=O) groups excluding carboxylic acids is 1. The third-order valence-corrected chi connectivity index (χ3v) is 2.91. The summed E-state index contributed by atoms with van der Waals surface area (Å²) in [6.07, 6.45) is 1.64. The molecule has 0 bridgehead atoms. The van der Waals surface area contributed by atoms with Crippen molar-refractivity contribution in [1.82, 2.24) is 5.43 Å². The molecular weight excluding hydrogens is 252 g/mol. The highest BCUT2D eigenvalue weighted by Crippen LogP contribution is 2.11. The van der Waals surface area contributed by atoms with Crippen LogP contribution in [0.4, 0.5) is 0 Å². The molecular formula is C16H16N2O2. The van der Waals surface area contributed by atoms with Crippen LogP contribution in [0.2, 0.25) is 0 Å². The Morgan fingerprint density at radius 2 is 1.85 bits per heavy atom. The maximum absolute atomic E-state index is 11.9. The van der Waals surface area contributed by atoms with Gasteiger partial charge >= 0.3 is 0 Å². The van der Waals surface area contributed by atoms with Gasteiger partial charge in [0.15, 0.2) is 0 Å². The summed E-state index contributed by atoms with van der Waals surface area (Å²) < 4.78 is 5.04. The van der Waals surface area contributed by atoms with E-state index >= 15 is 0 Å². The van der Waals surface area contributed by atoms with E-state index in [4.69, 9.17) is 4.74 Å². The van der Waals surface area contributed by atoms with Crippen LogP contribution in [-0.2, 0) is 0 Å². The lowest BCUT2D eigenvalue weighted by Gasteiger charge is -2.02. The molecule has 2 rings (SSSR count). The van der Waals surface area contributed by atoms with Gasteiger partial charge in [0, 0.05) is 5.56 Å². The molecule has 4 nitrogen and oxygen atoms in total. The van der Waals surface area contributed by atoms with Crippen molar-refractivity contribution in [2.45, 2.75) is 6.92 Å². The second-order valence-electron chi connectivity index (χ2n) is 4.28. The number of carbonyl (C=O) groups is 1. The Labute approximate surface area is 118 Å². The monoisotopic (exact) mass is 268 g/mol. The molecule has 0 fully saturated rings. The van der Waals surface area contributed by atoms with E-state index in [1.165, 1.54) is 0 Å². The van der Waals surface area contributed by atoms with E-state index in [-0.39, 0.29) is 5.91 Å². The van der Waals surface area contributed by atoms with Gasteiger partial charge < -0.3 is 4.74 Å². The molecule has 0 atom stereocenters. The smallest absolute Gasteiger partial charge is 0.271 e. The standard InChI is InChI=1S/C16H16N2O2/c1-12-5-3-4-6-14(12)11-17-18-16(19)13-7-9-15(20-2)10-8-13/h3-11H,1-2H3,(H,18,19)/b17-11+. The van der Waals surface area contributed by atoms with Gasteiger partial charge in [-0.3, -0.25) is 4.79 Å². The van der Waals surface area contributed by atoms with Gasteiger partial charge in [0.05, 0.1) is 13.3 Å². The summed E-state index contributed by atoms with van der Waals surface area (Å²) in [7, 11) is 1.58. The van der Waals surface area contributed by atoms with Gasteiger partial charge in [-0.05, 0) is 42.3 Å². The van der Waals surface area contributed by atoms with Crippen molar-refractivity contribution in [3.8, 4) is 5.75 Å². The number of methoxy groups -OCH3 is 1. The Kier molecular flexibility index (Phi) is 4.50. The average Bonchev–Trinajstić information content (AvgIpc) is 2.49. The third kappa shape index (κ3) is 3.45. The summed E-state index contributed by atoms with van der Waals surface area (Å²) in [5, 5.41) is 3.97. The number of ether oxygens (including phenoxy) is 1. The van der Waals surface area contributed by atoms with E-state index in [1.54, 1.807) is 37.6 Å². The van der Waals surface area contributed by atoms with Crippen LogP contribution >= 0.6 is 0 Å². The minimum atomic E-state index is -0.252. The first-order valence-corrected chi connectivity index (χ1v) is 6.24. The largest absolute Gasteiger partial charge is 0.497 e. The minimum Gasteiger partial charge on any atom is -0.497 e. The number of nitrogens with zero attached hydrogens (tertiary/aromatic N) is 1. The van der Waals surface area contributed by atoms with Gasteiger partial charge in [0.2, 0.25) is 0 Å². The lowest BCUT2D eigenvalue weighted by atomic mass is 10.1. The van der Waals surface area contributed by atoms with Crippen molar-refractivity contribution in [2.75, 3.05) is 7.11 Å². The number of rotatable bonds is 4. The molecule has 2 aromatic carbocycles. The number of aryl methyl sites for hydroxylation is 1. The van der Waals surface area contributed by atoms with Crippen molar-refractivity contribution >= 4 is 12.1 Å². The summed E-state index contributed by atoms with van der Waals surface area (Å²) in [5.41, 5.74) is 5.12. The van der Waals surface area contributed by atoms with E-state index in [2.05, 4.69) is 10.5 Å². The van der Waals surface area contributed by atoms with Gasteiger partial charge in [-0.25, -0.2) is 5.43 Å². The van der Waals surface area contributed by atoms with Gasteiger partial charge in [-0.2, -0.15) is 5.10 Å². The Hall–Kier alpha value is -2.62. The molecule has 0 saturated heterocycles. The molecule has 2 aromatic rings. The number of hydrogen-bond acceptors (Lipinski definition) is 3. The lowest BCUT2D eigenvalue weighted by Crippen LogP contribution is -2.17. The number of hydrogen-bond donors (Lipinski definition) is 1. The molecule has 0 saturated carbocycles. The molecule has 0 radical (unpaired) electrons. The van der Waals surface area contributed by atoms with E-state index in [0.29, 0.717) is 11.3 Å². The maximum atomic E-state index is 11.9. The van der Waals surface area contributed by atoms with Crippen LogP contribution in [0.1, 0.15) is 21.5 Å².